The fraction of sp³-hybridized carbons (Fsp3) is 0.259. The minimum Gasteiger partial charge on any atom is -0.496 e. The van der Waals surface area contributed by atoms with Gasteiger partial charge >= 0.3 is 6.18 Å². The molecule has 202 valence electrons. The van der Waals surface area contributed by atoms with E-state index in [0.29, 0.717) is 35.8 Å². The number of carbonyl (C=O) groups is 1. The number of rotatable bonds is 6. The van der Waals surface area contributed by atoms with Crippen molar-refractivity contribution < 1.29 is 27.4 Å². The summed E-state index contributed by atoms with van der Waals surface area (Å²) in [5.74, 6) is 0.341. The van der Waals surface area contributed by atoms with Crippen molar-refractivity contribution in [2.24, 2.45) is 0 Å². The molecule has 1 fully saturated rings. The second kappa shape index (κ2) is 10.7. The maximum absolute atomic E-state index is 13.4. The highest BCUT2D eigenvalue weighted by atomic mass is 19.4. The molecule has 5 rings (SSSR count). The summed E-state index contributed by atoms with van der Waals surface area (Å²) < 4.78 is 50.4. The van der Waals surface area contributed by atoms with Gasteiger partial charge in [0.2, 0.25) is 0 Å². The van der Waals surface area contributed by atoms with Gasteiger partial charge in [-0.3, -0.25) is 4.79 Å². The molecule has 0 atom stereocenters. The second-order valence-electron chi connectivity index (χ2n) is 8.88. The van der Waals surface area contributed by atoms with Crippen LogP contribution in [0, 0.1) is 6.92 Å². The fourth-order valence-electron chi connectivity index (χ4n) is 4.23. The molecule has 0 unspecified atom stereocenters. The number of aromatic nitrogens is 3. The summed E-state index contributed by atoms with van der Waals surface area (Å²) in [5, 5.41) is 5.78. The Labute approximate surface area is 222 Å². The van der Waals surface area contributed by atoms with Crippen LogP contribution in [0.1, 0.15) is 21.5 Å². The average molecular weight is 539 g/mol. The van der Waals surface area contributed by atoms with E-state index in [9.17, 15) is 18.0 Å². The smallest absolute Gasteiger partial charge is 0.420 e. The van der Waals surface area contributed by atoms with Gasteiger partial charge in [-0.25, -0.2) is 15.0 Å². The molecular weight excluding hydrogens is 513 g/mol. The van der Waals surface area contributed by atoms with Gasteiger partial charge in [0, 0.05) is 30.0 Å². The standard InChI is InChI=1S/C27H25F3N6O3/c1-16-3-4-17(26(37)33-18-5-7-22(38-2)19(14-18)27(28,29)30)13-21(16)34-25-24-20(31-15-32-25)6-8-23(35-24)36-9-11-39-12-10-36/h3-8,13-15H,9-12H2,1-2H3,(H,33,37)(H,31,32,34). The highest BCUT2D eigenvalue weighted by Gasteiger charge is 2.34. The summed E-state index contributed by atoms with van der Waals surface area (Å²) in [4.78, 5) is 28.6. The van der Waals surface area contributed by atoms with Crippen LogP contribution in [0.4, 0.5) is 36.2 Å². The Morgan fingerprint density at radius 3 is 2.59 bits per heavy atom. The maximum Gasteiger partial charge on any atom is 0.420 e. The van der Waals surface area contributed by atoms with E-state index in [2.05, 4.69) is 25.5 Å². The van der Waals surface area contributed by atoms with Crippen molar-refractivity contribution in [3.8, 4) is 5.75 Å². The Bertz CT molecular complexity index is 1520. The van der Waals surface area contributed by atoms with Crippen LogP contribution >= 0.6 is 0 Å². The number of alkyl halides is 3. The third-order valence-corrected chi connectivity index (χ3v) is 6.32. The lowest BCUT2D eigenvalue weighted by Gasteiger charge is -2.28. The normalized spacial score (nSPS) is 13.8. The van der Waals surface area contributed by atoms with E-state index in [-0.39, 0.29) is 17.0 Å². The van der Waals surface area contributed by atoms with Gasteiger partial charge in [0.25, 0.3) is 5.91 Å². The van der Waals surface area contributed by atoms with E-state index < -0.39 is 17.6 Å². The molecule has 4 aromatic rings. The van der Waals surface area contributed by atoms with Crippen LogP contribution in [-0.2, 0) is 10.9 Å². The summed E-state index contributed by atoms with van der Waals surface area (Å²) in [6.07, 6.45) is -3.21. The Kier molecular flexibility index (Phi) is 7.20. The summed E-state index contributed by atoms with van der Waals surface area (Å²) in [6.45, 7) is 4.56. The number of amides is 1. The lowest BCUT2D eigenvalue weighted by Crippen LogP contribution is -2.36. The molecule has 0 aliphatic carbocycles. The van der Waals surface area contributed by atoms with Gasteiger partial charge in [-0.15, -0.1) is 0 Å². The number of nitrogens with zero attached hydrogens (tertiary/aromatic N) is 4. The van der Waals surface area contributed by atoms with E-state index in [1.165, 1.54) is 18.5 Å². The number of halogens is 3. The van der Waals surface area contributed by atoms with Crippen LogP contribution in [-0.4, -0.2) is 54.3 Å². The van der Waals surface area contributed by atoms with Crippen LogP contribution < -0.4 is 20.3 Å². The number of fused-ring (bicyclic) bond motifs is 1. The van der Waals surface area contributed by atoms with Crippen molar-refractivity contribution in [3.63, 3.8) is 0 Å². The van der Waals surface area contributed by atoms with Gasteiger partial charge in [-0.05, 0) is 55.0 Å². The number of ether oxygens (including phenoxy) is 2. The zero-order valence-electron chi connectivity index (χ0n) is 21.2. The molecule has 2 aromatic heterocycles. The van der Waals surface area contributed by atoms with Crippen LogP contribution in [0.25, 0.3) is 11.0 Å². The Hall–Kier alpha value is -4.45. The first kappa shape index (κ1) is 26.2. The number of carbonyl (C=O) groups excluding carboxylic acids is 1. The summed E-state index contributed by atoms with van der Waals surface area (Å²) in [6, 6.07) is 12.1. The third-order valence-electron chi connectivity index (χ3n) is 6.32. The van der Waals surface area contributed by atoms with Crippen molar-refractivity contribution in [2.45, 2.75) is 13.1 Å². The number of benzene rings is 2. The lowest BCUT2D eigenvalue weighted by atomic mass is 10.1. The molecule has 2 aromatic carbocycles. The van der Waals surface area contributed by atoms with Crippen molar-refractivity contribution >= 4 is 40.0 Å². The first-order chi connectivity index (χ1) is 18.7. The van der Waals surface area contributed by atoms with E-state index in [0.717, 1.165) is 37.6 Å². The zero-order chi connectivity index (χ0) is 27.6. The molecule has 1 amide bonds. The quantitative estimate of drug-likeness (QED) is 0.346. The summed E-state index contributed by atoms with van der Waals surface area (Å²) in [7, 11) is 1.16. The number of aryl methyl sites for hydroxylation is 1. The molecular formula is C27H25F3N6O3. The summed E-state index contributed by atoms with van der Waals surface area (Å²) in [5.41, 5.74) is 1.88. The van der Waals surface area contributed by atoms with Gasteiger partial charge in [0.05, 0.1) is 31.4 Å². The molecule has 1 aliphatic heterocycles. The van der Waals surface area contributed by atoms with Gasteiger partial charge in [0.1, 0.15) is 23.4 Å². The van der Waals surface area contributed by atoms with Crippen LogP contribution in [0.5, 0.6) is 5.75 Å². The topological polar surface area (TPSA) is 102 Å². The number of methoxy groups -OCH3 is 1. The number of hydrogen-bond acceptors (Lipinski definition) is 8. The van der Waals surface area contributed by atoms with Gasteiger partial charge in [-0.1, -0.05) is 6.07 Å². The Morgan fingerprint density at radius 1 is 1.05 bits per heavy atom. The Balaban J connectivity index is 1.41. The van der Waals surface area contributed by atoms with Crippen molar-refractivity contribution in [1.29, 1.82) is 0 Å². The molecule has 39 heavy (non-hydrogen) atoms. The van der Waals surface area contributed by atoms with Gasteiger partial charge < -0.3 is 25.0 Å². The molecule has 1 aliphatic rings. The predicted octanol–water partition coefficient (Wildman–Crippen LogP) is 5.19. The second-order valence-corrected chi connectivity index (χ2v) is 8.88. The highest BCUT2D eigenvalue weighted by Crippen LogP contribution is 2.38. The van der Waals surface area contributed by atoms with Crippen LogP contribution in [0.3, 0.4) is 0 Å². The van der Waals surface area contributed by atoms with E-state index >= 15 is 0 Å². The predicted molar refractivity (Wildman–Crippen MR) is 141 cm³/mol. The highest BCUT2D eigenvalue weighted by molar-refractivity contribution is 6.05. The Morgan fingerprint density at radius 2 is 1.85 bits per heavy atom. The van der Waals surface area contributed by atoms with Crippen LogP contribution in [0.15, 0.2) is 54.9 Å². The maximum atomic E-state index is 13.4. The largest absolute Gasteiger partial charge is 0.496 e. The first-order valence-corrected chi connectivity index (χ1v) is 12.1. The van der Waals surface area contributed by atoms with Crippen molar-refractivity contribution in [1.82, 2.24) is 15.0 Å². The third kappa shape index (κ3) is 5.70. The molecule has 0 spiro atoms. The molecule has 3 heterocycles. The van der Waals surface area contributed by atoms with Gasteiger partial charge in [-0.2, -0.15) is 13.2 Å². The molecule has 9 nitrogen and oxygen atoms in total. The number of hydrogen-bond donors (Lipinski definition) is 2. The number of pyridine rings is 1. The van der Waals surface area contributed by atoms with E-state index in [1.807, 2.05) is 19.1 Å². The monoisotopic (exact) mass is 538 g/mol. The molecule has 12 heteroatoms. The molecule has 2 N–H and O–H groups in total. The lowest BCUT2D eigenvalue weighted by molar-refractivity contribution is -0.138. The SMILES string of the molecule is COc1ccc(NC(=O)c2ccc(C)c(Nc3ncnc4ccc(N5CCOCC5)nc34)c2)cc1C(F)(F)F. The number of morpholine rings is 1. The minimum atomic E-state index is -4.64. The van der Waals surface area contributed by atoms with Crippen LogP contribution in [0.2, 0.25) is 0 Å². The molecule has 0 bridgehead atoms. The molecule has 0 radical (unpaired) electrons. The van der Waals surface area contributed by atoms with Crippen molar-refractivity contribution in [3.05, 3.63) is 71.5 Å². The van der Waals surface area contributed by atoms with Gasteiger partial charge in [0.15, 0.2) is 5.82 Å². The van der Waals surface area contributed by atoms with Crippen molar-refractivity contribution in [2.75, 3.05) is 48.9 Å². The number of anilines is 4. The van der Waals surface area contributed by atoms with E-state index in [4.69, 9.17) is 14.5 Å². The average Bonchev–Trinajstić information content (AvgIpc) is 2.94. The summed E-state index contributed by atoms with van der Waals surface area (Å²) >= 11 is 0. The zero-order valence-corrected chi connectivity index (χ0v) is 21.2. The molecule has 1 saturated heterocycles. The minimum absolute atomic E-state index is 0.00940. The van der Waals surface area contributed by atoms with E-state index in [1.54, 1.807) is 18.2 Å². The number of nitrogens with one attached hydrogen (secondary N) is 2. The first-order valence-electron chi connectivity index (χ1n) is 12.1. The fourth-order valence-corrected chi connectivity index (χ4v) is 4.23. The molecule has 0 saturated carbocycles.